The Hall–Kier alpha value is -2.34. The van der Waals surface area contributed by atoms with Crippen LogP contribution in [0.3, 0.4) is 0 Å². The molecule has 0 amide bonds. The Morgan fingerprint density at radius 2 is 1.35 bits per heavy atom. The number of sulfonamides is 1. The lowest BCUT2D eigenvalue weighted by molar-refractivity contribution is 0.109. The number of hydrogen-bond donors (Lipinski definition) is 2. The van der Waals surface area contributed by atoms with Crippen LogP contribution >= 0.6 is 0 Å². The molecular formula is C32H51NO8S2. The van der Waals surface area contributed by atoms with E-state index in [4.69, 9.17) is 14.2 Å². The van der Waals surface area contributed by atoms with Crippen molar-refractivity contribution < 1.29 is 35.6 Å². The second-order valence-corrected chi connectivity index (χ2v) is 15.7. The van der Waals surface area contributed by atoms with Crippen molar-refractivity contribution in [3.8, 4) is 11.5 Å². The van der Waals surface area contributed by atoms with Crippen molar-refractivity contribution in [1.82, 2.24) is 0 Å². The van der Waals surface area contributed by atoms with E-state index in [-0.39, 0.29) is 46.1 Å². The topological polar surface area (TPSA) is 128 Å². The number of benzene rings is 2. The maximum absolute atomic E-state index is 13.8. The molecule has 11 heteroatoms. The van der Waals surface area contributed by atoms with Crippen molar-refractivity contribution in [2.24, 2.45) is 5.41 Å². The number of hydrogen-bond acceptors (Lipinski definition) is 7. The van der Waals surface area contributed by atoms with Gasteiger partial charge in [-0.15, -0.1) is 0 Å². The molecule has 0 aliphatic heterocycles. The average molecular weight is 642 g/mol. The molecule has 2 N–H and O–H groups in total. The van der Waals surface area contributed by atoms with Crippen LogP contribution in [0.2, 0.25) is 0 Å². The van der Waals surface area contributed by atoms with E-state index in [9.17, 15) is 21.4 Å². The number of nitrogens with one attached hydrogen (secondary N) is 1. The highest BCUT2D eigenvalue weighted by atomic mass is 32.2. The summed E-state index contributed by atoms with van der Waals surface area (Å²) in [7, 11) is -8.96. The number of rotatable bonds is 19. The molecule has 2 aromatic carbocycles. The molecule has 0 fully saturated rings. The smallest absolute Gasteiger partial charge is 0.298 e. The van der Waals surface area contributed by atoms with E-state index in [0.29, 0.717) is 13.2 Å². The Balaban J connectivity index is 2.43. The molecule has 0 unspecified atom stereocenters. The van der Waals surface area contributed by atoms with Gasteiger partial charge in [-0.1, -0.05) is 79.7 Å². The molecule has 0 bridgehead atoms. The van der Waals surface area contributed by atoms with Gasteiger partial charge in [0, 0.05) is 6.61 Å². The number of ether oxygens (including phenoxy) is 3. The van der Waals surface area contributed by atoms with Gasteiger partial charge in [0.1, 0.15) is 27.9 Å². The zero-order valence-electron chi connectivity index (χ0n) is 26.9. The third kappa shape index (κ3) is 12.3. The van der Waals surface area contributed by atoms with Gasteiger partial charge in [0.15, 0.2) is 0 Å². The van der Waals surface area contributed by atoms with Gasteiger partial charge in [0.2, 0.25) is 0 Å². The van der Waals surface area contributed by atoms with E-state index in [2.05, 4.69) is 46.3 Å². The molecule has 0 atom stereocenters. The second-order valence-electron chi connectivity index (χ2n) is 12.7. The van der Waals surface area contributed by atoms with Crippen LogP contribution in [-0.4, -0.2) is 47.8 Å². The lowest BCUT2D eigenvalue weighted by Gasteiger charge is -2.33. The standard InChI is InChI=1S/C32H51NO8S2/c1-8-10-11-12-13-14-19-40-27-17-15-25(32(6,7)24-31(3,4)5)22-29(27)42(34,35)33-26-16-18-28(41-21-20-39-9-2)30(23-26)43(36,37)38/h15-18,22-23,33H,8-14,19-21,24H2,1-7H3,(H,36,37,38). The largest absolute Gasteiger partial charge is 0.492 e. The summed E-state index contributed by atoms with van der Waals surface area (Å²) < 4.78 is 80.9. The van der Waals surface area contributed by atoms with E-state index < -0.39 is 25.0 Å². The summed E-state index contributed by atoms with van der Waals surface area (Å²) in [6.07, 6.45) is 7.24. The fourth-order valence-electron chi connectivity index (χ4n) is 5.21. The summed E-state index contributed by atoms with van der Waals surface area (Å²) >= 11 is 0. The van der Waals surface area contributed by atoms with Gasteiger partial charge in [0.05, 0.1) is 18.9 Å². The lowest BCUT2D eigenvalue weighted by atomic mass is 9.72. The Labute approximate surface area is 259 Å². The van der Waals surface area contributed by atoms with Crippen molar-refractivity contribution in [3.63, 3.8) is 0 Å². The predicted octanol–water partition coefficient (Wildman–Crippen LogP) is 7.60. The predicted molar refractivity (Wildman–Crippen MR) is 171 cm³/mol. The Morgan fingerprint density at radius 1 is 0.744 bits per heavy atom. The maximum Gasteiger partial charge on any atom is 0.298 e. The normalized spacial score (nSPS) is 12.7. The minimum atomic E-state index is -4.72. The van der Waals surface area contributed by atoms with Crippen molar-refractivity contribution in [2.75, 3.05) is 31.1 Å². The molecule has 2 rings (SSSR count). The van der Waals surface area contributed by atoms with Gasteiger partial charge in [-0.05, 0) is 66.5 Å². The SMILES string of the molecule is CCCCCCCCOc1ccc(C(C)(C)CC(C)(C)C)cc1S(=O)(=O)Nc1ccc(OCCOCC)c(S(=O)(=O)O)c1. The van der Waals surface area contributed by atoms with E-state index >= 15 is 0 Å². The van der Waals surface area contributed by atoms with Gasteiger partial charge in [-0.3, -0.25) is 9.27 Å². The number of unbranched alkanes of at least 4 members (excludes halogenated alkanes) is 5. The molecule has 43 heavy (non-hydrogen) atoms. The quantitative estimate of drug-likeness (QED) is 0.119. The molecule has 2 aromatic rings. The van der Waals surface area contributed by atoms with Gasteiger partial charge in [-0.2, -0.15) is 8.42 Å². The number of anilines is 1. The molecule has 0 aliphatic carbocycles. The van der Waals surface area contributed by atoms with E-state index in [1.54, 1.807) is 12.1 Å². The molecule has 0 spiro atoms. The first-order chi connectivity index (χ1) is 20.0. The Morgan fingerprint density at radius 3 is 1.98 bits per heavy atom. The summed E-state index contributed by atoms with van der Waals surface area (Å²) in [6, 6.07) is 8.96. The van der Waals surface area contributed by atoms with E-state index in [1.165, 1.54) is 25.0 Å². The Bertz CT molecular complexity index is 1380. The van der Waals surface area contributed by atoms with Gasteiger partial charge in [-0.25, -0.2) is 8.42 Å². The molecule has 0 radical (unpaired) electrons. The molecule has 0 aromatic heterocycles. The summed E-state index contributed by atoms with van der Waals surface area (Å²) in [5.74, 6) is 0.112. The Kier molecular flexibility index (Phi) is 13.8. The summed E-state index contributed by atoms with van der Waals surface area (Å²) in [4.78, 5) is -0.591. The zero-order valence-corrected chi connectivity index (χ0v) is 28.5. The highest BCUT2D eigenvalue weighted by Crippen LogP contribution is 2.39. The van der Waals surface area contributed by atoms with Crippen LogP contribution in [0.4, 0.5) is 5.69 Å². The van der Waals surface area contributed by atoms with Gasteiger partial charge < -0.3 is 14.2 Å². The van der Waals surface area contributed by atoms with Crippen molar-refractivity contribution >= 4 is 25.8 Å². The minimum Gasteiger partial charge on any atom is -0.492 e. The van der Waals surface area contributed by atoms with Crippen LogP contribution in [-0.2, 0) is 30.3 Å². The first-order valence-corrected chi connectivity index (χ1v) is 18.0. The van der Waals surface area contributed by atoms with Gasteiger partial charge >= 0.3 is 0 Å². The molecule has 9 nitrogen and oxygen atoms in total. The first kappa shape index (κ1) is 36.8. The zero-order chi connectivity index (χ0) is 32.3. The third-order valence-corrected chi connectivity index (χ3v) is 9.18. The van der Waals surface area contributed by atoms with Crippen LogP contribution in [0.25, 0.3) is 0 Å². The first-order valence-electron chi connectivity index (χ1n) is 15.1. The monoisotopic (exact) mass is 641 g/mol. The molecule has 0 saturated carbocycles. The van der Waals surface area contributed by atoms with Crippen molar-refractivity contribution in [3.05, 3.63) is 42.0 Å². The second kappa shape index (κ2) is 16.1. The highest BCUT2D eigenvalue weighted by molar-refractivity contribution is 7.92. The maximum atomic E-state index is 13.8. The minimum absolute atomic E-state index is 0.00635. The van der Waals surface area contributed by atoms with Crippen LogP contribution in [0, 0.1) is 5.41 Å². The van der Waals surface area contributed by atoms with E-state index in [1.807, 2.05) is 13.0 Å². The summed E-state index contributed by atoms with van der Waals surface area (Å²) in [6.45, 7) is 15.7. The fourth-order valence-corrected chi connectivity index (χ4v) is 7.09. The summed E-state index contributed by atoms with van der Waals surface area (Å²) in [5, 5.41) is 0. The molecule has 0 saturated heterocycles. The summed E-state index contributed by atoms with van der Waals surface area (Å²) in [5.41, 5.74) is 0.461. The molecule has 0 aliphatic rings. The van der Waals surface area contributed by atoms with Crippen LogP contribution in [0.5, 0.6) is 11.5 Å². The van der Waals surface area contributed by atoms with Crippen LogP contribution in [0.15, 0.2) is 46.2 Å². The van der Waals surface area contributed by atoms with Crippen molar-refractivity contribution in [1.29, 1.82) is 0 Å². The fraction of sp³-hybridized carbons (Fsp3) is 0.625. The van der Waals surface area contributed by atoms with E-state index in [0.717, 1.165) is 43.7 Å². The third-order valence-electron chi connectivity index (χ3n) is 6.91. The van der Waals surface area contributed by atoms with Gasteiger partial charge in [0.25, 0.3) is 20.1 Å². The van der Waals surface area contributed by atoms with Crippen LogP contribution in [0.1, 0.15) is 99.0 Å². The molecule has 244 valence electrons. The molecular weight excluding hydrogens is 590 g/mol. The highest BCUT2D eigenvalue weighted by Gasteiger charge is 2.30. The lowest BCUT2D eigenvalue weighted by Crippen LogP contribution is -2.25. The van der Waals surface area contributed by atoms with Crippen LogP contribution < -0.4 is 14.2 Å². The molecule has 0 heterocycles. The average Bonchev–Trinajstić information content (AvgIpc) is 2.89. The van der Waals surface area contributed by atoms with Crippen molar-refractivity contribution in [2.45, 2.75) is 109 Å².